The number of carbonyl (C=O) groups is 1. The first-order chi connectivity index (χ1) is 13.1. The van der Waals surface area contributed by atoms with Crippen LogP contribution in [0.1, 0.15) is 17.3 Å². The number of likely N-dealkylation sites (N-methyl/N-ethyl adjacent to an activating group) is 1. The Morgan fingerprint density at radius 3 is 2.56 bits per heavy atom. The number of hydrogen-bond acceptors (Lipinski definition) is 4. The molecule has 0 aliphatic carbocycles. The average Bonchev–Trinajstić information content (AvgIpc) is 3.20. The Morgan fingerprint density at radius 1 is 1.19 bits per heavy atom. The third-order valence-electron chi connectivity index (χ3n) is 4.58. The van der Waals surface area contributed by atoms with E-state index in [-0.39, 0.29) is 11.9 Å². The number of nitrogens with zero attached hydrogens (tertiary/aromatic N) is 3. The highest BCUT2D eigenvalue weighted by atomic mass is 32.2. The second-order valence-electron chi connectivity index (χ2n) is 6.34. The van der Waals surface area contributed by atoms with Gasteiger partial charge in [-0.15, -0.1) is 0 Å². The summed E-state index contributed by atoms with van der Waals surface area (Å²) in [5.74, 6) is -0.0643. The summed E-state index contributed by atoms with van der Waals surface area (Å²) in [6.45, 7) is 2.67. The first-order valence-corrected chi connectivity index (χ1v) is 10.1. The van der Waals surface area contributed by atoms with E-state index >= 15 is 0 Å². The summed E-state index contributed by atoms with van der Waals surface area (Å²) in [5, 5.41) is 3.94. The zero-order chi connectivity index (χ0) is 19.2. The molecule has 1 atom stereocenters. The molecule has 1 amide bonds. The molecule has 3 aromatic rings. The zero-order valence-corrected chi connectivity index (χ0v) is 16.6. The fourth-order valence-electron chi connectivity index (χ4n) is 2.81. The monoisotopic (exact) mass is 380 g/mol. The van der Waals surface area contributed by atoms with Gasteiger partial charge in [0.15, 0.2) is 5.16 Å². The molecule has 5 nitrogen and oxygen atoms in total. The van der Waals surface area contributed by atoms with Gasteiger partial charge < -0.3 is 10.2 Å². The van der Waals surface area contributed by atoms with Crippen molar-refractivity contribution in [3.8, 4) is 5.69 Å². The number of benzene rings is 2. The molecule has 0 saturated carbocycles. The van der Waals surface area contributed by atoms with Crippen LogP contribution >= 0.6 is 11.8 Å². The van der Waals surface area contributed by atoms with E-state index in [2.05, 4.69) is 34.3 Å². The van der Waals surface area contributed by atoms with Gasteiger partial charge in [-0.05, 0) is 49.6 Å². The molecular formula is C21H24N4OS. The molecule has 140 valence electrons. The van der Waals surface area contributed by atoms with Gasteiger partial charge >= 0.3 is 0 Å². The van der Waals surface area contributed by atoms with Crippen LogP contribution < -0.4 is 10.2 Å². The summed E-state index contributed by atoms with van der Waals surface area (Å²) in [5.41, 5.74) is 2.78. The van der Waals surface area contributed by atoms with E-state index in [1.54, 1.807) is 18.0 Å². The molecule has 0 saturated heterocycles. The Morgan fingerprint density at radius 2 is 1.89 bits per heavy atom. The zero-order valence-electron chi connectivity index (χ0n) is 15.8. The Labute approximate surface area is 164 Å². The minimum atomic E-state index is -0.0643. The normalized spacial score (nSPS) is 11.8. The van der Waals surface area contributed by atoms with Crippen LogP contribution in [0.3, 0.4) is 0 Å². The van der Waals surface area contributed by atoms with E-state index in [0.29, 0.717) is 12.1 Å². The Bertz CT molecular complexity index is 877. The number of anilines is 1. The van der Waals surface area contributed by atoms with Crippen LogP contribution in [0, 0.1) is 0 Å². The second-order valence-corrected chi connectivity index (χ2v) is 7.11. The number of rotatable bonds is 7. The van der Waals surface area contributed by atoms with E-state index in [1.165, 1.54) is 0 Å². The third kappa shape index (κ3) is 4.52. The topological polar surface area (TPSA) is 50.2 Å². The van der Waals surface area contributed by atoms with Gasteiger partial charge in [-0.1, -0.05) is 30.0 Å². The van der Waals surface area contributed by atoms with Gasteiger partial charge in [0.25, 0.3) is 5.91 Å². The summed E-state index contributed by atoms with van der Waals surface area (Å²) >= 11 is 1.59. The maximum absolute atomic E-state index is 12.5. The predicted octanol–water partition coefficient (Wildman–Crippen LogP) is 3.85. The number of para-hydroxylation sites is 1. The van der Waals surface area contributed by atoms with Crippen molar-refractivity contribution in [3.63, 3.8) is 0 Å². The van der Waals surface area contributed by atoms with Crippen LogP contribution in [-0.4, -0.2) is 41.3 Å². The lowest BCUT2D eigenvalue weighted by molar-refractivity contribution is 0.0951. The van der Waals surface area contributed by atoms with Crippen molar-refractivity contribution < 1.29 is 4.79 Å². The average molecular weight is 381 g/mol. The van der Waals surface area contributed by atoms with Gasteiger partial charge in [-0.3, -0.25) is 9.36 Å². The smallest absolute Gasteiger partial charge is 0.251 e. The standard InChI is InChI=1S/C21H24N4OS/c1-16(24(2)18-7-5-4-6-8-18)15-23-20(26)17-9-11-19(12-10-17)25-14-13-22-21(25)27-3/h4-14,16H,15H2,1-3H3,(H,23,26). The number of nitrogens with one attached hydrogen (secondary N) is 1. The lowest BCUT2D eigenvalue weighted by atomic mass is 10.2. The van der Waals surface area contributed by atoms with Crippen LogP contribution in [0.25, 0.3) is 5.69 Å². The number of aromatic nitrogens is 2. The molecule has 1 aromatic heterocycles. The first-order valence-electron chi connectivity index (χ1n) is 8.84. The number of hydrogen-bond donors (Lipinski definition) is 1. The van der Waals surface area contributed by atoms with Crippen LogP contribution in [0.4, 0.5) is 5.69 Å². The van der Waals surface area contributed by atoms with Gasteiger partial charge in [0.05, 0.1) is 0 Å². The molecule has 0 radical (unpaired) electrons. The van der Waals surface area contributed by atoms with Crippen molar-refractivity contribution >= 4 is 23.4 Å². The van der Waals surface area contributed by atoms with E-state index in [0.717, 1.165) is 16.5 Å². The Kier molecular flexibility index (Phi) is 6.19. The number of imidazole rings is 1. The number of thioether (sulfide) groups is 1. The molecule has 0 bridgehead atoms. The highest BCUT2D eigenvalue weighted by Crippen LogP contribution is 2.18. The van der Waals surface area contributed by atoms with Gasteiger partial charge in [0.1, 0.15) is 0 Å². The molecule has 3 rings (SSSR count). The minimum Gasteiger partial charge on any atom is -0.370 e. The van der Waals surface area contributed by atoms with Crippen molar-refractivity contribution in [2.45, 2.75) is 18.1 Å². The van der Waals surface area contributed by atoms with E-state index in [9.17, 15) is 4.79 Å². The van der Waals surface area contributed by atoms with E-state index in [1.807, 2.05) is 66.5 Å². The third-order valence-corrected chi connectivity index (χ3v) is 5.25. The van der Waals surface area contributed by atoms with Crippen LogP contribution in [-0.2, 0) is 0 Å². The first kappa shape index (κ1) is 19.0. The van der Waals surface area contributed by atoms with E-state index in [4.69, 9.17) is 0 Å². The lowest BCUT2D eigenvalue weighted by Gasteiger charge is -2.27. The predicted molar refractivity (Wildman–Crippen MR) is 112 cm³/mol. The van der Waals surface area contributed by atoms with Crippen LogP contribution in [0.15, 0.2) is 72.1 Å². The molecule has 0 aliphatic heterocycles. The summed E-state index contributed by atoms with van der Waals surface area (Å²) < 4.78 is 2.00. The number of carbonyl (C=O) groups excluding carboxylic acids is 1. The summed E-state index contributed by atoms with van der Waals surface area (Å²) in [4.78, 5) is 18.9. The van der Waals surface area contributed by atoms with E-state index < -0.39 is 0 Å². The lowest BCUT2D eigenvalue weighted by Crippen LogP contribution is -2.40. The Hall–Kier alpha value is -2.73. The SMILES string of the molecule is CSc1nccn1-c1ccc(C(=O)NCC(C)N(C)c2ccccc2)cc1. The molecule has 0 spiro atoms. The highest BCUT2D eigenvalue weighted by Gasteiger charge is 2.13. The Balaban J connectivity index is 1.60. The molecule has 0 fully saturated rings. The molecule has 2 aromatic carbocycles. The molecule has 1 heterocycles. The van der Waals surface area contributed by atoms with Crippen molar-refractivity contribution in [2.24, 2.45) is 0 Å². The van der Waals surface area contributed by atoms with Crippen LogP contribution in [0.5, 0.6) is 0 Å². The largest absolute Gasteiger partial charge is 0.370 e. The molecule has 6 heteroatoms. The van der Waals surface area contributed by atoms with Gasteiger partial charge in [-0.25, -0.2) is 4.98 Å². The quantitative estimate of drug-likeness (QED) is 0.633. The summed E-state index contributed by atoms with van der Waals surface area (Å²) in [7, 11) is 2.04. The van der Waals surface area contributed by atoms with Crippen molar-refractivity contribution in [3.05, 3.63) is 72.6 Å². The fraction of sp³-hybridized carbons (Fsp3) is 0.238. The van der Waals surface area contributed by atoms with Gasteiger partial charge in [-0.2, -0.15) is 0 Å². The second kappa shape index (κ2) is 8.77. The maximum Gasteiger partial charge on any atom is 0.251 e. The fourth-order valence-corrected chi connectivity index (χ4v) is 3.34. The van der Waals surface area contributed by atoms with Gasteiger partial charge in [0.2, 0.25) is 0 Å². The number of amides is 1. The van der Waals surface area contributed by atoms with Gasteiger partial charge in [0, 0.05) is 49.0 Å². The minimum absolute atomic E-state index is 0.0643. The van der Waals surface area contributed by atoms with Crippen molar-refractivity contribution in [1.82, 2.24) is 14.9 Å². The summed E-state index contributed by atoms with van der Waals surface area (Å²) in [6.07, 6.45) is 5.69. The van der Waals surface area contributed by atoms with Crippen LogP contribution in [0.2, 0.25) is 0 Å². The molecule has 1 N–H and O–H groups in total. The maximum atomic E-state index is 12.5. The van der Waals surface area contributed by atoms with Crippen molar-refractivity contribution in [1.29, 1.82) is 0 Å². The molecular weight excluding hydrogens is 356 g/mol. The molecule has 27 heavy (non-hydrogen) atoms. The summed E-state index contributed by atoms with van der Waals surface area (Å²) in [6, 6.07) is 17.9. The highest BCUT2D eigenvalue weighted by molar-refractivity contribution is 7.98. The molecule has 1 unspecified atom stereocenters. The van der Waals surface area contributed by atoms with Crippen molar-refractivity contribution in [2.75, 3.05) is 24.7 Å². The molecule has 0 aliphatic rings.